The molecule has 12 heteroatoms. The molecule has 0 aliphatic heterocycles. The fraction of sp³-hybridized carbons (Fsp3) is 0.346. The van der Waals surface area contributed by atoms with Crippen LogP contribution in [0.5, 0.6) is 11.5 Å². The van der Waals surface area contributed by atoms with Gasteiger partial charge in [-0.05, 0) is 50.5 Å². The van der Waals surface area contributed by atoms with Crippen LogP contribution < -0.4 is 14.8 Å². The quantitative estimate of drug-likeness (QED) is 0.150. The SMILES string of the molecule is CCc1ccccc1[N+](=O)[O-].CO/N=C(/C)c1csc(NC(=O)CCl)n1.COc1cc(C)c(C)cc1OC. The topological polar surface area (TPSA) is 125 Å². The number of halogens is 1. The van der Waals surface area contributed by atoms with Crippen molar-refractivity contribution in [2.24, 2.45) is 5.16 Å². The van der Waals surface area contributed by atoms with E-state index in [1.807, 2.05) is 25.1 Å². The van der Waals surface area contributed by atoms with Crippen LogP contribution in [0, 0.1) is 24.0 Å². The lowest BCUT2D eigenvalue weighted by molar-refractivity contribution is -0.385. The first kappa shape index (κ1) is 32.3. The molecule has 0 bridgehead atoms. The van der Waals surface area contributed by atoms with Crippen molar-refractivity contribution >= 4 is 45.4 Å². The van der Waals surface area contributed by atoms with Gasteiger partial charge in [0, 0.05) is 17.0 Å². The maximum Gasteiger partial charge on any atom is 0.272 e. The standard InChI is InChI=1S/C10H14O2.C8H10ClN3O2S.C8H9NO2/c1-7-5-9(11-3)10(12-4)6-8(7)2;1-5(12-14-2)6-4-15-8(10-6)11-7(13)3-9;1-2-7-5-3-4-6-8(7)9(10)11/h5-6H,1-4H3;4H,3H2,1-2H3,(H,10,11,13);3-6H,2H2,1H3/b;12-5-;. The number of aryl methyl sites for hydroxylation is 3. The molecule has 3 aromatic rings. The molecule has 0 aliphatic carbocycles. The number of nitrogens with one attached hydrogen (secondary N) is 1. The minimum absolute atomic E-state index is 0.0833. The van der Waals surface area contributed by atoms with Crippen molar-refractivity contribution in [3.63, 3.8) is 0 Å². The number of benzene rings is 2. The third-order valence-corrected chi connectivity index (χ3v) is 6.04. The van der Waals surface area contributed by atoms with Crippen LogP contribution in [0.1, 0.15) is 36.2 Å². The number of oxime groups is 1. The van der Waals surface area contributed by atoms with Gasteiger partial charge in [0.15, 0.2) is 16.6 Å². The van der Waals surface area contributed by atoms with Gasteiger partial charge in [0.2, 0.25) is 5.91 Å². The van der Waals surface area contributed by atoms with Crippen LogP contribution in [-0.4, -0.2) is 48.7 Å². The number of thiazole rings is 1. The Morgan fingerprint density at radius 3 is 2.16 bits per heavy atom. The number of amides is 1. The third-order valence-electron chi connectivity index (χ3n) is 5.04. The Labute approximate surface area is 231 Å². The summed E-state index contributed by atoms with van der Waals surface area (Å²) in [6.45, 7) is 7.78. The van der Waals surface area contributed by atoms with E-state index < -0.39 is 0 Å². The van der Waals surface area contributed by atoms with E-state index in [1.165, 1.54) is 35.6 Å². The van der Waals surface area contributed by atoms with Crippen LogP contribution in [0.4, 0.5) is 10.8 Å². The highest BCUT2D eigenvalue weighted by molar-refractivity contribution is 7.14. The van der Waals surface area contributed by atoms with Gasteiger partial charge in [-0.2, -0.15) is 0 Å². The summed E-state index contributed by atoms with van der Waals surface area (Å²) in [5, 5.41) is 18.9. The van der Waals surface area contributed by atoms with E-state index in [0.29, 0.717) is 23.0 Å². The lowest BCUT2D eigenvalue weighted by atomic mass is 10.1. The van der Waals surface area contributed by atoms with Gasteiger partial charge < -0.3 is 19.6 Å². The van der Waals surface area contributed by atoms with Crippen LogP contribution in [0.2, 0.25) is 0 Å². The Morgan fingerprint density at radius 1 is 1.13 bits per heavy atom. The average molecular weight is 565 g/mol. The summed E-state index contributed by atoms with van der Waals surface area (Å²) in [5.41, 5.74) is 4.76. The summed E-state index contributed by atoms with van der Waals surface area (Å²) in [5.74, 6) is 1.22. The zero-order chi connectivity index (χ0) is 28.7. The second-order valence-corrected chi connectivity index (χ2v) is 8.74. The molecule has 10 nitrogen and oxygen atoms in total. The van der Waals surface area contributed by atoms with Gasteiger partial charge in [0.1, 0.15) is 24.4 Å². The van der Waals surface area contributed by atoms with Gasteiger partial charge in [0.05, 0.1) is 19.1 Å². The maximum atomic E-state index is 11.0. The van der Waals surface area contributed by atoms with Gasteiger partial charge in [-0.25, -0.2) is 4.98 Å². The summed E-state index contributed by atoms with van der Waals surface area (Å²) in [6, 6.07) is 10.8. The highest BCUT2D eigenvalue weighted by Gasteiger charge is 2.09. The molecule has 1 amide bonds. The van der Waals surface area contributed by atoms with Crippen molar-refractivity contribution < 1.29 is 24.0 Å². The number of nitro groups is 1. The fourth-order valence-electron chi connectivity index (χ4n) is 2.90. The van der Waals surface area contributed by atoms with E-state index >= 15 is 0 Å². The fourth-order valence-corrected chi connectivity index (χ4v) is 3.74. The first-order valence-electron chi connectivity index (χ1n) is 11.4. The minimum Gasteiger partial charge on any atom is -0.493 e. The van der Waals surface area contributed by atoms with Crippen molar-refractivity contribution in [3.8, 4) is 11.5 Å². The number of nitrogens with zero attached hydrogens (tertiary/aromatic N) is 3. The molecule has 0 saturated carbocycles. The Hall–Kier alpha value is -3.70. The Morgan fingerprint density at radius 2 is 1.71 bits per heavy atom. The number of carbonyl (C=O) groups is 1. The number of anilines is 1. The maximum absolute atomic E-state index is 11.0. The smallest absolute Gasteiger partial charge is 0.272 e. The molecule has 0 radical (unpaired) electrons. The summed E-state index contributed by atoms with van der Waals surface area (Å²) in [6.07, 6.45) is 0.706. The molecule has 1 N–H and O–H groups in total. The molecular weight excluding hydrogens is 532 g/mol. The Bertz CT molecular complexity index is 1200. The second kappa shape index (κ2) is 16.9. The van der Waals surface area contributed by atoms with E-state index in [0.717, 1.165) is 17.1 Å². The van der Waals surface area contributed by atoms with Gasteiger partial charge in [-0.15, -0.1) is 22.9 Å². The molecule has 0 unspecified atom stereocenters. The molecule has 0 spiro atoms. The molecule has 0 saturated heterocycles. The summed E-state index contributed by atoms with van der Waals surface area (Å²) >= 11 is 6.65. The summed E-state index contributed by atoms with van der Waals surface area (Å²) in [7, 11) is 4.76. The van der Waals surface area contributed by atoms with E-state index in [-0.39, 0.29) is 22.4 Å². The lowest BCUT2D eigenvalue weighted by Crippen LogP contribution is -2.12. The third kappa shape index (κ3) is 10.3. The van der Waals surface area contributed by atoms with Crippen molar-refractivity contribution in [2.45, 2.75) is 34.1 Å². The molecule has 0 atom stereocenters. The zero-order valence-corrected chi connectivity index (χ0v) is 24.1. The monoisotopic (exact) mass is 564 g/mol. The molecule has 1 heterocycles. The van der Waals surface area contributed by atoms with Gasteiger partial charge >= 0.3 is 0 Å². The molecule has 2 aromatic carbocycles. The normalized spacial score (nSPS) is 10.3. The van der Waals surface area contributed by atoms with Gasteiger partial charge in [-0.3, -0.25) is 14.9 Å². The van der Waals surface area contributed by atoms with Crippen molar-refractivity contribution in [3.05, 3.63) is 74.3 Å². The highest BCUT2D eigenvalue weighted by Crippen LogP contribution is 2.29. The second-order valence-electron chi connectivity index (χ2n) is 7.61. The predicted octanol–water partition coefficient (Wildman–Crippen LogP) is 6.17. The summed E-state index contributed by atoms with van der Waals surface area (Å²) < 4.78 is 10.3. The molecule has 1 aromatic heterocycles. The number of hydrogen-bond donors (Lipinski definition) is 1. The number of para-hydroxylation sites is 1. The minimum atomic E-state index is -0.348. The van der Waals surface area contributed by atoms with Gasteiger partial charge in [0.25, 0.3) is 5.69 Å². The van der Waals surface area contributed by atoms with Gasteiger partial charge in [-0.1, -0.05) is 30.3 Å². The zero-order valence-electron chi connectivity index (χ0n) is 22.5. The Balaban J connectivity index is 0.000000289. The highest BCUT2D eigenvalue weighted by atomic mass is 35.5. The molecule has 3 rings (SSSR count). The number of alkyl halides is 1. The van der Waals surface area contributed by atoms with Crippen molar-refractivity contribution in [1.29, 1.82) is 0 Å². The number of nitro benzene ring substituents is 1. The molecule has 0 aliphatic rings. The predicted molar refractivity (Wildman–Crippen MR) is 152 cm³/mol. The van der Waals surface area contributed by atoms with Crippen LogP contribution in [0.3, 0.4) is 0 Å². The number of carbonyl (C=O) groups excluding carboxylic acids is 1. The van der Waals surface area contributed by atoms with Crippen LogP contribution >= 0.6 is 22.9 Å². The van der Waals surface area contributed by atoms with Crippen LogP contribution in [0.15, 0.2) is 46.9 Å². The largest absolute Gasteiger partial charge is 0.493 e. The average Bonchev–Trinajstić information content (AvgIpc) is 3.39. The lowest BCUT2D eigenvalue weighted by Gasteiger charge is -2.09. The van der Waals surface area contributed by atoms with E-state index in [9.17, 15) is 14.9 Å². The molecular formula is C26H33ClN4O6S. The molecule has 0 fully saturated rings. The Kier molecular flexibility index (Phi) is 14.4. The first-order valence-corrected chi connectivity index (χ1v) is 12.8. The van der Waals surface area contributed by atoms with Crippen molar-refractivity contribution in [1.82, 2.24) is 4.98 Å². The van der Waals surface area contributed by atoms with Crippen molar-refractivity contribution in [2.75, 3.05) is 32.5 Å². The van der Waals surface area contributed by atoms with E-state index in [4.69, 9.17) is 21.1 Å². The molecule has 38 heavy (non-hydrogen) atoms. The summed E-state index contributed by atoms with van der Waals surface area (Å²) in [4.78, 5) is 29.7. The number of rotatable bonds is 8. The first-order chi connectivity index (χ1) is 18.1. The number of aromatic nitrogens is 1. The van der Waals surface area contributed by atoms with Crippen LogP contribution in [0.25, 0.3) is 0 Å². The number of ether oxygens (including phenoxy) is 2. The number of hydrogen-bond acceptors (Lipinski definition) is 9. The molecule has 206 valence electrons. The number of methoxy groups -OCH3 is 2. The van der Waals surface area contributed by atoms with Crippen LogP contribution in [-0.2, 0) is 16.1 Å². The van der Waals surface area contributed by atoms with E-state index in [2.05, 4.69) is 34.1 Å². The van der Waals surface area contributed by atoms with E-state index in [1.54, 1.807) is 38.7 Å².